The van der Waals surface area contributed by atoms with Gasteiger partial charge in [-0.2, -0.15) is 0 Å². The van der Waals surface area contributed by atoms with Gasteiger partial charge >= 0.3 is 0 Å². The van der Waals surface area contributed by atoms with Gasteiger partial charge in [-0.15, -0.1) is 0 Å². The van der Waals surface area contributed by atoms with Crippen molar-refractivity contribution in [3.8, 4) is 0 Å². The number of likely N-dealkylation sites (tertiary alicyclic amines) is 1. The predicted octanol–water partition coefficient (Wildman–Crippen LogP) is 1.08. The van der Waals surface area contributed by atoms with Crippen LogP contribution in [0.1, 0.15) is 26.7 Å². The molecule has 2 rings (SSSR count). The van der Waals surface area contributed by atoms with E-state index in [1.165, 1.54) is 32.5 Å². The molecule has 0 amide bonds. The third-order valence-corrected chi connectivity index (χ3v) is 3.42. The molecule has 0 aromatic heterocycles. The number of rotatable bonds is 1. The molecule has 2 nitrogen and oxygen atoms in total. The van der Waals surface area contributed by atoms with Crippen molar-refractivity contribution < 1.29 is 0 Å². The van der Waals surface area contributed by atoms with E-state index in [2.05, 4.69) is 24.1 Å². The van der Waals surface area contributed by atoms with Crippen molar-refractivity contribution in [2.75, 3.05) is 19.6 Å². The molecule has 0 aromatic rings. The smallest absolute Gasteiger partial charge is 0.0120 e. The minimum Gasteiger partial charge on any atom is -0.314 e. The van der Waals surface area contributed by atoms with Gasteiger partial charge in [-0.1, -0.05) is 0 Å². The van der Waals surface area contributed by atoms with Gasteiger partial charge in [0.2, 0.25) is 0 Å². The highest BCUT2D eigenvalue weighted by molar-refractivity contribution is 4.90. The maximum Gasteiger partial charge on any atom is 0.0120 e. The fourth-order valence-electron chi connectivity index (χ4n) is 2.54. The summed E-state index contributed by atoms with van der Waals surface area (Å²) in [5.74, 6) is 0.946. The average molecular weight is 168 g/mol. The van der Waals surface area contributed by atoms with Crippen LogP contribution in [0.4, 0.5) is 0 Å². The number of nitrogens with zero attached hydrogens (tertiary/aromatic N) is 1. The second kappa shape index (κ2) is 3.35. The number of fused-ring (bicyclic) bond motifs is 1. The van der Waals surface area contributed by atoms with Crippen LogP contribution in [-0.2, 0) is 0 Å². The summed E-state index contributed by atoms with van der Waals surface area (Å²) in [6, 6.07) is 1.59. The van der Waals surface area contributed by atoms with Crippen LogP contribution >= 0.6 is 0 Å². The summed E-state index contributed by atoms with van der Waals surface area (Å²) in [4.78, 5) is 2.62. The maximum absolute atomic E-state index is 3.59. The van der Waals surface area contributed by atoms with Crippen LogP contribution in [0.25, 0.3) is 0 Å². The second-order valence-electron chi connectivity index (χ2n) is 4.49. The first-order valence-electron chi connectivity index (χ1n) is 5.25. The number of hydrogen-bond donors (Lipinski definition) is 1. The first-order valence-corrected chi connectivity index (χ1v) is 5.25. The molecule has 0 radical (unpaired) electrons. The molecular weight excluding hydrogens is 148 g/mol. The second-order valence-corrected chi connectivity index (χ2v) is 4.49. The Morgan fingerprint density at radius 1 is 1.33 bits per heavy atom. The number of hydrogen-bond acceptors (Lipinski definition) is 2. The van der Waals surface area contributed by atoms with Crippen molar-refractivity contribution in [3.63, 3.8) is 0 Å². The fraction of sp³-hybridized carbons (Fsp3) is 1.00. The predicted molar refractivity (Wildman–Crippen MR) is 51.2 cm³/mol. The average Bonchev–Trinajstić information content (AvgIpc) is 2.49. The summed E-state index contributed by atoms with van der Waals surface area (Å²) >= 11 is 0. The minimum atomic E-state index is 0.742. The summed E-state index contributed by atoms with van der Waals surface area (Å²) in [5.41, 5.74) is 0. The Bertz CT molecular complexity index is 156. The van der Waals surface area contributed by atoms with Crippen molar-refractivity contribution >= 4 is 0 Å². The van der Waals surface area contributed by atoms with Gasteiger partial charge in [-0.25, -0.2) is 0 Å². The molecule has 2 saturated heterocycles. The number of nitrogens with one attached hydrogen (secondary N) is 1. The highest BCUT2D eigenvalue weighted by atomic mass is 15.2. The molecule has 1 N–H and O–H groups in total. The fourth-order valence-corrected chi connectivity index (χ4v) is 2.54. The van der Waals surface area contributed by atoms with Crippen LogP contribution in [0.2, 0.25) is 0 Å². The Balaban J connectivity index is 1.92. The van der Waals surface area contributed by atoms with Crippen molar-refractivity contribution in [2.45, 2.75) is 38.8 Å². The monoisotopic (exact) mass is 168 g/mol. The van der Waals surface area contributed by atoms with E-state index in [1.54, 1.807) is 0 Å². The molecule has 0 aromatic carbocycles. The lowest BCUT2D eigenvalue weighted by Crippen LogP contribution is -2.46. The molecular formula is C10H20N2. The lowest BCUT2D eigenvalue weighted by atomic mass is 9.93. The Kier molecular flexibility index (Phi) is 2.37. The van der Waals surface area contributed by atoms with E-state index in [9.17, 15) is 0 Å². The van der Waals surface area contributed by atoms with Crippen molar-refractivity contribution in [1.82, 2.24) is 10.2 Å². The zero-order valence-electron chi connectivity index (χ0n) is 8.21. The molecule has 2 atom stereocenters. The number of piperidine rings is 1. The van der Waals surface area contributed by atoms with Gasteiger partial charge < -0.3 is 10.2 Å². The van der Waals surface area contributed by atoms with Gasteiger partial charge in [0.1, 0.15) is 0 Å². The third-order valence-electron chi connectivity index (χ3n) is 3.42. The van der Waals surface area contributed by atoms with Gasteiger partial charge in [0.25, 0.3) is 0 Å². The summed E-state index contributed by atoms with van der Waals surface area (Å²) in [6.07, 6.45) is 2.76. The van der Waals surface area contributed by atoms with E-state index in [4.69, 9.17) is 0 Å². The largest absolute Gasteiger partial charge is 0.314 e. The molecule has 0 aliphatic carbocycles. The lowest BCUT2D eigenvalue weighted by molar-refractivity contribution is 0.130. The van der Waals surface area contributed by atoms with E-state index in [-0.39, 0.29) is 0 Å². The first-order chi connectivity index (χ1) is 5.77. The van der Waals surface area contributed by atoms with Crippen LogP contribution in [0.15, 0.2) is 0 Å². The minimum absolute atomic E-state index is 0.742. The topological polar surface area (TPSA) is 15.3 Å². The van der Waals surface area contributed by atoms with Crippen LogP contribution in [0.5, 0.6) is 0 Å². The van der Waals surface area contributed by atoms with E-state index < -0.39 is 0 Å². The summed E-state index contributed by atoms with van der Waals surface area (Å²) in [6.45, 7) is 8.49. The normalized spacial score (nSPS) is 37.2. The van der Waals surface area contributed by atoms with Crippen molar-refractivity contribution in [3.05, 3.63) is 0 Å². The molecule has 2 heteroatoms. The SMILES string of the molecule is CC(C)N1CC[C@H]2NCC[C@H]2C1. The summed E-state index contributed by atoms with van der Waals surface area (Å²) in [5, 5.41) is 3.59. The van der Waals surface area contributed by atoms with Crippen LogP contribution in [0, 0.1) is 5.92 Å². The standard InChI is InChI=1S/C10H20N2/c1-8(2)12-6-4-10-9(7-12)3-5-11-10/h8-11H,3-7H2,1-2H3/t9-,10+/m0/s1. The quantitative estimate of drug-likeness (QED) is 0.630. The highest BCUT2D eigenvalue weighted by Crippen LogP contribution is 2.25. The molecule has 0 saturated carbocycles. The van der Waals surface area contributed by atoms with Gasteiger partial charge in [-0.05, 0) is 45.7 Å². The molecule has 2 fully saturated rings. The van der Waals surface area contributed by atoms with E-state index in [1.807, 2.05) is 0 Å². The van der Waals surface area contributed by atoms with Gasteiger partial charge in [0.15, 0.2) is 0 Å². The van der Waals surface area contributed by atoms with Gasteiger partial charge in [-0.3, -0.25) is 0 Å². The zero-order valence-corrected chi connectivity index (χ0v) is 8.21. The Hall–Kier alpha value is -0.0800. The Morgan fingerprint density at radius 3 is 2.92 bits per heavy atom. The summed E-state index contributed by atoms with van der Waals surface area (Å²) in [7, 11) is 0. The molecule has 0 bridgehead atoms. The van der Waals surface area contributed by atoms with Crippen molar-refractivity contribution in [2.24, 2.45) is 5.92 Å². The zero-order chi connectivity index (χ0) is 8.55. The Morgan fingerprint density at radius 2 is 2.17 bits per heavy atom. The Labute approximate surface area is 75.3 Å². The van der Waals surface area contributed by atoms with E-state index >= 15 is 0 Å². The van der Waals surface area contributed by atoms with Gasteiger partial charge in [0, 0.05) is 18.6 Å². The van der Waals surface area contributed by atoms with E-state index in [0.717, 1.165) is 18.0 Å². The third kappa shape index (κ3) is 1.50. The molecule has 2 aliphatic heterocycles. The molecule has 2 heterocycles. The molecule has 0 unspecified atom stereocenters. The molecule has 70 valence electrons. The van der Waals surface area contributed by atoms with Crippen LogP contribution in [-0.4, -0.2) is 36.6 Å². The van der Waals surface area contributed by atoms with Crippen LogP contribution < -0.4 is 5.32 Å². The van der Waals surface area contributed by atoms with Gasteiger partial charge in [0.05, 0.1) is 0 Å². The summed E-state index contributed by atoms with van der Waals surface area (Å²) < 4.78 is 0. The van der Waals surface area contributed by atoms with Crippen LogP contribution in [0.3, 0.4) is 0 Å². The first kappa shape index (κ1) is 8.52. The molecule has 0 spiro atoms. The highest BCUT2D eigenvalue weighted by Gasteiger charge is 2.32. The van der Waals surface area contributed by atoms with Crippen molar-refractivity contribution in [1.29, 1.82) is 0 Å². The lowest BCUT2D eigenvalue weighted by Gasteiger charge is -2.37. The molecule has 2 aliphatic rings. The maximum atomic E-state index is 3.59. The van der Waals surface area contributed by atoms with E-state index in [0.29, 0.717) is 0 Å². The molecule has 12 heavy (non-hydrogen) atoms.